The summed E-state index contributed by atoms with van der Waals surface area (Å²) in [4.78, 5) is 10.4. The monoisotopic (exact) mass is 301 g/mol. The van der Waals surface area contributed by atoms with E-state index in [-0.39, 0.29) is 36.1 Å². The van der Waals surface area contributed by atoms with Crippen LogP contribution in [0, 0.1) is 0 Å². The van der Waals surface area contributed by atoms with Crippen LogP contribution in [0.25, 0.3) is 0 Å². The van der Waals surface area contributed by atoms with E-state index in [0.717, 1.165) is 5.56 Å². The summed E-state index contributed by atoms with van der Waals surface area (Å²) >= 11 is 0. The molecule has 1 atom stereocenters. The molecule has 0 fully saturated rings. The fourth-order valence-electron chi connectivity index (χ4n) is 0.973. The molecule has 1 rings (SSSR count). The van der Waals surface area contributed by atoms with Gasteiger partial charge in [-0.2, -0.15) is 0 Å². The van der Waals surface area contributed by atoms with Crippen molar-refractivity contribution in [2.75, 3.05) is 0 Å². The van der Waals surface area contributed by atoms with E-state index in [1.807, 2.05) is 0 Å². The summed E-state index contributed by atoms with van der Waals surface area (Å²) in [5, 5.41) is 17.5. The van der Waals surface area contributed by atoms with Gasteiger partial charge in [-0.3, -0.25) is 4.79 Å². The average Bonchev–Trinajstić information content (AvgIpc) is 2.08. The van der Waals surface area contributed by atoms with E-state index in [0.29, 0.717) is 0 Å². The van der Waals surface area contributed by atoms with E-state index < -0.39 is 12.0 Å². The molecular formula is C9H11NO3Sn. The molecule has 14 heavy (non-hydrogen) atoms. The van der Waals surface area contributed by atoms with E-state index in [1.54, 1.807) is 12.1 Å². The standard InChI is InChI=1S/C9H11NO3.Sn/c10-8(9(12)13)5-6-1-3-7(11)4-2-6;/h1-4,8,11H,5,10H2,(H,12,13);/t8-;/m0./s1. The second-order valence-corrected chi connectivity index (χ2v) is 2.82. The molecule has 4 N–H and O–H groups in total. The fraction of sp³-hybridized carbons (Fsp3) is 0.222. The number of carboxylic acids is 1. The van der Waals surface area contributed by atoms with Crippen LogP contribution in [0.15, 0.2) is 24.3 Å². The SMILES string of the molecule is N[C@@H](Cc1ccc(O)cc1)C(=O)O.[Sn]. The summed E-state index contributed by atoms with van der Waals surface area (Å²) in [5.41, 5.74) is 6.12. The van der Waals surface area contributed by atoms with Crippen molar-refractivity contribution in [3.8, 4) is 5.75 Å². The van der Waals surface area contributed by atoms with Gasteiger partial charge in [0.1, 0.15) is 11.8 Å². The predicted octanol–water partition coefficient (Wildman–Crippen LogP) is -0.0342. The second kappa shape index (κ2) is 5.87. The van der Waals surface area contributed by atoms with Crippen LogP contribution >= 0.6 is 0 Å². The van der Waals surface area contributed by atoms with Crippen LogP contribution in [-0.2, 0) is 11.2 Å². The zero-order valence-corrected chi connectivity index (χ0v) is 10.3. The molecule has 1 aromatic rings. The molecule has 0 saturated heterocycles. The van der Waals surface area contributed by atoms with Gasteiger partial charge in [0.2, 0.25) is 0 Å². The van der Waals surface area contributed by atoms with Crippen LogP contribution in [0.4, 0.5) is 0 Å². The van der Waals surface area contributed by atoms with Crippen molar-refractivity contribution in [1.29, 1.82) is 0 Å². The number of nitrogens with two attached hydrogens (primary N) is 1. The van der Waals surface area contributed by atoms with E-state index >= 15 is 0 Å². The molecule has 0 amide bonds. The van der Waals surface area contributed by atoms with Crippen LogP contribution in [-0.4, -0.2) is 46.1 Å². The normalized spacial score (nSPS) is 11.5. The number of phenols is 1. The first-order chi connectivity index (χ1) is 6.09. The van der Waals surface area contributed by atoms with Crippen molar-refractivity contribution < 1.29 is 15.0 Å². The number of hydrogen-bond acceptors (Lipinski definition) is 3. The first kappa shape index (κ1) is 13.2. The molecule has 0 aromatic heterocycles. The molecule has 74 valence electrons. The van der Waals surface area contributed by atoms with Crippen molar-refractivity contribution in [3.63, 3.8) is 0 Å². The molecule has 0 aliphatic carbocycles. The minimum atomic E-state index is -1.02. The van der Waals surface area contributed by atoms with Crippen molar-refractivity contribution in [3.05, 3.63) is 29.8 Å². The Hall–Kier alpha value is -0.751. The van der Waals surface area contributed by atoms with Gasteiger partial charge in [-0.25, -0.2) is 0 Å². The molecule has 0 aliphatic heterocycles. The molecular weight excluding hydrogens is 289 g/mol. The summed E-state index contributed by atoms with van der Waals surface area (Å²) in [6, 6.07) is 5.42. The Morgan fingerprint density at radius 3 is 2.29 bits per heavy atom. The smallest absolute Gasteiger partial charge is 0.320 e. The first-order valence-corrected chi connectivity index (χ1v) is 3.86. The van der Waals surface area contributed by atoms with Gasteiger partial charge in [0.25, 0.3) is 0 Å². The molecule has 0 spiro atoms. The minimum Gasteiger partial charge on any atom is -0.508 e. The van der Waals surface area contributed by atoms with Crippen molar-refractivity contribution in [2.24, 2.45) is 5.73 Å². The second-order valence-electron chi connectivity index (χ2n) is 2.82. The van der Waals surface area contributed by atoms with E-state index in [2.05, 4.69) is 0 Å². The number of carbonyl (C=O) groups is 1. The van der Waals surface area contributed by atoms with Gasteiger partial charge < -0.3 is 15.9 Å². The number of rotatable bonds is 3. The number of aromatic hydroxyl groups is 1. The summed E-state index contributed by atoms with van der Waals surface area (Å²) < 4.78 is 0. The third-order valence-corrected chi connectivity index (χ3v) is 1.71. The number of aliphatic carboxylic acids is 1. The van der Waals surface area contributed by atoms with Crippen molar-refractivity contribution in [2.45, 2.75) is 12.5 Å². The first-order valence-electron chi connectivity index (χ1n) is 3.86. The molecule has 0 heterocycles. The zero-order valence-electron chi connectivity index (χ0n) is 7.47. The molecule has 0 saturated carbocycles. The quantitative estimate of drug-likeness (QED) is 0.684. The maximum absolute atomic E-state index is 10.4. The summed E-state index contributed by atoms with van der Waals surface area (Å²) in [5.74, 6) is -0.860. The summed E-state index contributed by atoms with van der Waals surface area (Å²) in [6.07, 6.45) is 0.273. The molecule has 4 radical (unpaired) electrons. The van der Waals surface area contributed by atoms with E-state index in [9.17, 15) is 4.79 Å². The summed E-state index contributed by atoms with van der Waals surface area (Å²) in [6.45, 7) is 0. The molecule has 0 aliphatic rings. The van der Waals surface area contributed by atoms with Gasteiger partial charge in [0.15, 0.2) is 0 Å². The largest absolute Gasteiger partial charge is 0.508 e. The Bertz CT molecular complexity index is 299. The Morgan fingerprint density at radius 2 is 1.86 bits per heavy atom. The van der Waals surface area contributed by atoms with E-state index in [1.165, 1.54) is 12.1 Å². The van der Waals surface area contributed by atoms with Crippen molar-refractivity contribution in [1.82, 2.24) is 0 Å². The van der Waals surface area contributed by atoms with Crippen LogP contribution < -0.4 is 5.73 Å². The Kier molecular flexibility index (Phi) is 5.56. The van der Waals surface area contributed by atoms with E-state index in [4.69, 9.17) is 15.9 Å². The molecule has 1 aromatic carbocycles. The minimum absolute atomic E-state index is 0. The third-order valence-electron chi connectivity index (χ3n) is 1.71. The number of carboxylic acid groups (broad SMARTS) is 1. The molecule has 0 bridgehead atoms. The zero-order chi connectivity index (χ0) is 9.84. The predicted molar refractivity (Wildman–Crippen MR) is 53.2 cm³/mol. The Morgan fingerprint density at radius 1 is 1.36 bits per heavy atom. The molecule has 0 unspecified atom stereocenters. The van der Waals surface area contributed by atoms with Gasteiger partial charge in [0.05, 0.1) is 0 Å². The Balaban J connectivity index is 0.00000169. The number of phenolic OH excluding ortho intramolecular Hbond substituents is 1. The summed E-state index contributed by atoms with van der Waals surface area (Å²) in [7, 11) is 0. The molecule has 5 heteroatoms. The third kappa shape index (κ3) is 3.97. The van der Waals surface area contributed by atoms with Gasteiger partial charge in [-0.1, -0.05) is 12.1 Å². The van der Waals surface area contributed by atoms with Gasteiger partial charge >= 0.3 is 5.97 Å². The Labute approximate surface area is 98.7 Å². The van der Waals surface area contributed by atoms with Crippen LogP contribution in [0.1, 0.15) is 5.56 Å². The maximum Gasteiger partial charge on any atom is 0.320 e. The molecule has 4 nitrogen and oxygen atoms in total. The number of hydrogen-bond donors (Lipinski definition) is 3. The van der Waals surface area contributed by atoms with Gasteiger partial charge in [-0.05, 0) is 24.1 Å². The van der Waals surface area contributed by atoms with Crippen LogP contribution in [0.3, 0.4) is 0 Å². The topological polar surface area (TPSA) is 83.5 Å². The number of benzene rings is 1. The van der Waals surface area contributed by atoms with Crippen molar-refractivity contribution >= 4 is 29.9 Å². The maximum atomic E-state index is 10.4. The average molecular weight is 300 g/mol. The van der Waals surface area contributed by atoms with Crippen LogP contribution in [0.2, 0.25) is 0 Å². The van der Waals surface area contributed by atoms with Gasteiger partial charge in [0, 0.05) is 23.9 Å². The van der Waals surface area contributed by atoms with Crippen LogP contribution in [0.5, 0.6) is 5.75 Å². The fourth-order valence-corrected chi connectivity index (χ4v) is 0.973. The van der Waals surface area contributed by atoms with Gasteiger partial charge in [-0.15, -0.1) is 0 Å².